The van der Waals surface area contributed by atoms with Crippen molar-refractivity contribution in [1.82, 2.24) is 0 Å². The zero-order chi connectivity index (χ0) is 23.2. The third kappa shape index (κ3) is 5.07. The van der Waals surface area contributed by atoms with Crippen molar-refractivity contribution >= 4 is 21.5 Å². The largest absolute Gasteiger partial charge is 0.495 e. The molecule has 0 heterocycles. The number of benzene rings is 4. The lowest BCUT2D eigenvalue weighted by Crippen LogP contribution is -2.20. The van der Waals surface area contributed by atoms with Gasteiger partial charge in [0.05, 0.1) is 13.7 Å². The van der Waals surface area contributed by atoms with Crippen molar-refractivity contribution in [3.8, 4) is 17.2 Å². The first-order valence-corrected chi connectivity index (χ1v) is 11.6. The fraction of sp³-hybridized carbons (Fsp3) is 0.310. The predicted molar refractivity (Wildman–Crippen MR) is 135 cm³/mol. The number of rotatable bonds is 10. The summed E-state index contributed by atoms with van der Waals surface area (Å²) in [6.07, 6.45) is 0.755. The van der Waals surface area contributed by atoms with Crippen molar-refractivity contribution in [3.05, 3.63) is 78.4 Å². The van der Waals surface area contributed by atoms with Crippen LogP contribution in [0, 0.1) is 0 Å². The van der Waals surface area contributed by atoms with Gasteiger partial charge in [0.25, 0.3) is 0 Å². The van der Waals surface area contributed by atoms with Crippen LogP contribution in [0.3, 0.4) is 0 Å². The molecular weight excluding hydrogens is 412 g/mol. The molecule has 4 rings (SSSR count). The van der Waals surface area contributed by atoms with E-state index in [4.69, 9.17) is 18.9 Å². The SMILES string of the molecule is CCC(C)c1ccc(OC(C)OCCOc2c3ccccc3c(OC)c3ccccc23)cc1. The van der Waals surface area contributed by atoms with Crippen molar-refractivity contribution in [2.45, 2.75) is 39.4 Å². The molecule has 0 saturated heterocycles. The second-order valence-corrected chi connectivity index (χ2v) is 8.24. The molecule has 0 spiro atoms. The van der Waals surface area contributed by atoms with E-state index in [9.17, 15) is 0 Å². The van der Waals surface area contributed by atoms with E-state index >= 15 is 0 Å². The number of ether oxygens (including phenoxy) is 4. The fourth-order valence-electron chi connectivity index (χ4n) is 4.12. The number of methoxy groups -OCH3 is 1. The second kappa shape index (κ2) is 10.6. The number of fused-ring (bicyclic) bond motifs is 2. The van der Waals surface area contributed by atoms with Crippen LogP contribution in [-0.2, 0) is 4.74 Å². The van der Waals surface area contributed by atoms with Crippen molar-refractivity contribution < 1.29 is 18.9 Å². The van der Waals surface area contributed by atoms with Crippen molar-refractivity contribution in [2.24, 2.45) is 0 Å². The van der Waals surface area contributed by atoms with Crippen LogP contribution in [0.15, 0.2) is 72.8 Å². The Morgan fingerprint density at radius 1 is 0.697 bits per heavy atom. The van der Waals surface area contributed by atoms with Crippen molar-refractivity contribution in [1.29, 1.82) is 0 Å². The lowest BCUT2D eigenvalue weighted by molar-refractivity contribution is -0.0737. The lowest BCUT2D eigenvalue weighted by Gasteiger charge is -2.18. The van der Waals surface area contributed by atoms with E-state index in [1.54, 1.807) is 7.11 Å². The highest BCUT2D eigenvalue weighted by Gasteiger charge is 2.15. The number of hydrogen-bond acceptors (Lipinski definition) is 4. The van der Waals surface area contributed by atoms with Gasteiger partial charge in [0.2, 0.25) is 0 Å². The molecule has 0 aromatic heterocycles. The monoisotopic (exact) mass is 444 g/mol. The van der Waals surface area contributed by atoms with Crippen LogP contribution < -0.4 is 14.2 Å². The Labute approximate surface area is 196 Å². The third-order valence-electron chi connectivity index (χ3n) is 6.08. The van der Waals surface area contributed by atoms with E-state index in [0.717, 1.165) is 45.2 Å². The van der Waals surface area contributed by atoms with Crippen LogP contribution in [0.5, 0.6) is 17.2 Å². The van der Waals surface area contributed by atoms with E-state index in [-0.39, 0.29) is 6.29 Å². The molecule has 0 amide bonds. The van der Waals surface area contributed by atoms with Gasteiger partial charge in [0.15, 0.2) is 6.29 Å². The van der Waals surface area contributed by atoms with Crippen molar-refractivity contribution in [3.63, 3.8) is 0 Å². The minimum Gasteiger partial charge on any atom is -0.495 e. The van der Waals surface area contributed by atoms with Crippen LogP contribution in [0.2, 0.25) is 0 Å². The van der Waals surface area contributed by atoms with E-state index in [1.807, 2.05) is 43.3 Å². The fourth-order valence-corrected chi connectivity index (χ4v) is 4.12. The Kier molecular flexibility index (Phi) is 7.36. The Balaban J connectivity index is 1.41. The molecule has 0 fully saturated rings. The molecule has 4 aromatic rings. The highest BCUT2D eigenvalue weighted by Crippen LogP contribution is 2.42. The van der Waals surface area contributed by atoms with Crippen LogP contribution >= 0.6 is 0 Å². The van der Waals surface area contributed by atoms with Gasteiger partial charge in [-0.2, -0.15) is 0 Å². The standard InChI is InChI=1S/C29H32O4/c1-5-20(2)22-14-16-23(17-15-22)33-21(3)31-18-19-32-29-26-12-8-6-10-24(26)28(30-4)25-11-7-9-13-27(25)29/h6-17,20-21H,5,18-19H2,1-4H3. The summed E-state index contributed by atoms with van der Waals surface area (Å²) >= 11 is 0. The minimum atomic E-state index is -0.368. The highest BCUT2D eigenvalue weighted by atomic mass is 16.7. The lowest BCUT2D eigenvalue weighted by atomic mass is 9.99. The Morgan fingerprint density at radius 3 is 1.76 bits per heavy atom. The normalized spacial score (nSPS) is 13.1. The maximum atomic E-state index is 6.25. The summed E-state index contributed by atoms with van der Waals surface area (Å²) in [4.78, 5) is 0. The van der Waals surface area contributed by atoms with Gasteiger partial charge in [-0.05, 0) is 37.0 Å². The summed E-state index contributed by atoms with van der Waals surface area (Å²) in [5, 5.41) is 4.12. The number of hydrogen-bond donors (Lipinski definition) is 0. The van der Waals surface area contributed by atoms with Gasteiger partial charge in [0, 0.05) is 21.5 Å². The topological polar surface area (TPSA) is 36.9 Å². The summed E-state index contributed by atoms with van der Waals surface area (Å²) in [6.45, 7) is 7.17. The Hall–Kier alpha value is -3.24. The summed E-state index contributed by atoms with van der Waals surface area (Å²) in [6, 6.07) is 24.6. The van der Waals surface area contributed by atoms with E-state index in [1.165, 1.54) is 5.56 Å². The van der Waals surface area contributed by atoms with Crippen molar-refractivity contribution in [2.75, 3.05) is 20.3 Å². The summed E-state index contributed by atoms with van der Waals surface area (Å²) in [5.74, 6) is 3.07. The van der Waals surface area contributed by atoms with Crippen LogP contribution in [0.1, 0.15) is 38.7 Å². The molecule has 0 radical (unpaired) electrons. The van der Waals surface area contributed by atoms with E-state index < -0.39 is 0 Å². The summed E-state index contributed by atoms with van der Waals surface area (Å²) in [7, 11) is 1.71. The summed E-state index contributed by atoms with van der Waals surface area (Å²) < 4.78 is 23.8. The molecule has 4 nitrogen and oxygen atoms in total. The molecule has 0 aliphatic heterocycles. The Morgan fingerprint density at radius 2 is 1.24 bits per heavy atom. The van der Waals surface area contributed by atoms with Crippen LogP contribution in [0.25, 0.3) is 21.5 Å². The quantitative estimate of drug-likeness (QED) is 0.146. The minimum absolute atomic E-state index is 0.368. The second-order valence-electron chi connectivity index (χ2n) is 8.24. The highest BCUT2D eigenvalue weighted by molar-refractivity contribution is 6.11. The average molecular weight is 445 g/mol. The maximum Gasteiger partial charge on any atom is 0.197 e. The van der Waals surface area contributed by atoms with Crippen LogP contribution in [0.4, 0.5) is 0 Å². The predicted octanol–water partition coefficient (Wildman–Crippen LogP) is 7.34. The molecule has 172 valence electrons. The zero-order valence-electron chi connectivity index (χ0n) is 19.8. The first kappa shape index (κ1) is 22.9. The first-order valence-electron chi connectivity index (χ1n) is 11.6. The average Bonchev–Trinajstić information content (AvgIpc) is 2.86. The molecule has 4 aromatic carbocycles. The van der Waals surface area contributed by atoms with Gasteiger partial charge in [-0.1, -0.05) is 74.5 Å². The third-order valence-corrected chi connectivity index (χ3v) is 6.08. The zero-order valence-corrected chi connectivity index (χ0v) is 19.8. The molecular formula is C29H32O4. The van der Waals surface area contributed by atoms with Crippen LogP contribution in [-0.4, -0.2) is 26.6 Å². The molecule has 2 atom stereocenters. The summed E-state index contributed by atoms with van der Waals surface area (Å²) in [5.41, 5.74) is 1.32. The van der Waals surface area contributed by atoms with Gasteiger partial charge >= 0.3 is 0 Å². The van der Waals surface area contributed by atoms with Gasteiger partial charge < -0.3 is 18.9 Å². The van der Waals surface area contributed by atoms with E-state index in [2.05, 4.69) is 50.2 Å². The van der Waals surface area contributed by atoms with Gasteiger partial charge in [0.1, 0.15) is 23.9 Å². The molecule has 4 heteroatoms. The molecule has 0 saturated carbocycles. The molecule has 0 aliphatic rings. The van der Waals surface area contributed by atoms with Gasteiger partial charge in [-0.15, -0.1) is 0 Å². The smallest absolute Gasteiger partial charge is 0.197 e. The van der Waals surface area contributed by atoms with E-state index in [0.29, 0.717) is 19.1 Å². The molecule has 33 heavy (non-hydrogen) atoms. The first-order chi connectivity index (χ1) is 16.1. The Bertz CT molecular complexity index is 1140. The molecule has 0 bridgehead atoms. The van der Waals surface area contributed by atoms with Gasteiger partial charge in [-0.25, -0.2) is 0 Å². The molecule has 0 aliphatic carbocycles. The molecule has 0 N–H and O–H groups in total. The maximum absolute atomic E-state index is 6.25. The van der Waals surface area contributed by atoms with Gasteiger partial charge in [-0.3, -0.25) is 0 Å². The molecule has 2 unspecified atom stereocenters.